The largest absolute Gasteiger partial charge is 0.340 e. The Morgan fingerprint density at radius 1 is 1.08 bits per heavy atom. The molecular weight excluding hydrogens is 328 g/mol. The fourth-order valence-electron chi connectivity index (χ4n) is 4.31. The number of amides is 1. The highest BCUT2D eigenvalue weighted by Gasteiger charge is 2.35. The number of nitrogens with zero attached hydrogens (tertiary/aromatic N) is 4. The molecule has 0 saturated carbocycles. The second-order valence-corrected chi connectivity index (χ2v) is 7.49. The molecule has 0 radical (unpaired) electrons. The van der Waals surface area contributed by atoms with Gasteiger partial charge in [-0.1, -0.05) is 12.1 Å². The van der Waals surface area contributed by atoms with Gasteiger partial charge >= 0.3 is 0 Å². The molecule has 0 N–H and O–H groups in total. The molecule has 2 aromatic rings. The van der Waals surface area contributed by atoms with E-state index in [0.29, 0.717) is 11.8 Å². The number of likely N-dealkylation sites (tertiary alicyclic amines) is 2. The van der Waals surface area contributed by atoms with Crippen molar-refractivity contribution in [1.82, 2.24) is 19.4 Å². The van der Waals surface area contributed by atoms with Crippen molar-refractivity contribution in [3.8, 4) is 0 Å². The van der Waals surface area contributed by atoms with E-state index < -0.39 is 0 Å². The first kappa shape index (κ1) is 17.0. The van der Waals surface area contributed by atoms with E-state index in [0.717, 1.165) is 32.7 Å². The molecular formula is C20H24N4O2. The quantitative estimate of drug-likeness (QED) is 0.830. The summed E-state index contributed by atoms with van der Waals surface area (Å²) in [6.45, 7) is 4.68. The lowest BCUT2D eigenvalue weighted by molar-refractivity contribution is -0.136. The third-order valence-corrected chi connectivity index (χ3v) is 5.34. The van der Waals surface area contributed by atoms with Crippen molar-refractivity contribution in [3.63, 3.8) is 0 Å². The molecule has 2 bridgehead atoms. The predicted octanol–water partition coefficient (Wildman–Crippen LogP) is 1.22. The van der Waals surface area contributed by atoms with Crippen LogP contribution in [0.25, 0.3) is 0 Å². The summed E-state index contributed by atoms with van der Waals surface area (Å²) in [5, 5.41) is 0. The van der Waals surface area contributed by atoms with Crippen LogP contribution in [0.5, 0.6) is 0 Å². The number of rotatable bonds is 4. The number of carbonyl (C=O) groups is 1. The minimum Gasteiger partial charge on any atom is -0.340 e. The topological polar surface area (TPSA) is 58.4 Å². The number of fused-ring (bicyclic) bond motifs is 2. The Morgan fingerprint density at radius 2 is 1.88 bits per heavy atom. The van der Waals surface area contributed by atoms with Crippen LogP contribution in [0.3, 0.4) is 0 Å². The van der Waals surface area contributed by atoms with Gasteiger partial charge in [-0.25, -0.2) is 0 Å². The molecule has 2 saturated heterocycles. The Balaban J connectivity index is 1.37. The van der Waals surface area contributed by atoms with Gasteiger partial charge in [-0.3, -0.25) is 19.5 Å². The van der Waals surface area contributed by atoms with Gasteiger partial charge in [0.05, 0.1) is 0 Å². The average Bonchev–Trinajstić information content (AvgIpc) is 2.63. The summed E-state index contributed by atoms with van der Waals surface area (Å²) < 4.78 is 1.49. The Morgan fingerprint density at radius 3 is 2.58 bits per heavy atom. The molecule has 0 spiro atoms. The first-order valence-electron chi connectivity index (χ1n) is 9.22. The minimum absolute atomic E-state index is 0.0497. The monoisotopic (exact) mass is 352 g/mol. The van der Waals surface area contributed by atoms with Crippen molar-refractivity contribution < 1.29 is 4.79 Å². The lowest BCUT2D eigenvalue weighted by Gasteiger charge is -2.46. The number of aromatic nitrogens is 2. The maximum Gasteiger partial charge on any atom is 0.250 e. The van der Waals surface area contributed by atoms with Crippen LogP contribution < -0.4 is 5.56 Å². The van der Waals surface area contributed by atoms with Crippen LogP contribution in [0, 0.1) is 11.8 Å². The molecule has 0 aliphatic carbocycles. The van der Waals surface area contributed by atoms with Crippen LogP contribution in [0.1, 0.15) is 12.0 Å². The van der Waals surface area contributed by atoms with Crippen molar-refractivity contribution in [2.24, 2.45) is 11.8 Å². The Kier molecular flexibility index (Phi) is 4.84. The zero-order chi connectivity index (χ0) is 17.9. The van der Waals surface area contributed by atoms with Crippen LogP contribution in [0.4, 0.5) is 0 Å². The Bertz CT molecular complexity index is 806. The first-order chi connectivity index (χ1) is 12.7. The number of hydrogen-bond acceptors (Lipinski definition) is 4. The van der Waals surface area contributed by atoms with Gasteiger partial charge in [0.1, 0.15) is 6.54 Å². The summed E-state index contributed by atoms with van der Waals surface area (Å²) >= 11 is 0. The summed E-state index contributed by atoms with van der Waals surface area (Å²) in [5.74, 6) is 1.07. The summed E-state index contributed by atoms with van der Waals surface area (Å²) in [7, 11) is 0. The molecule has 2 unspecified atom stereocenters. The first-order valence-corrected chi connectivity index (χ1v) is 9.22. The zero-order valence-electron chi connectivity index (χ0n) is 14.8. The van der Waals surface area contributed by atoms with Crippen LogP contribution in [-0.4, -0.2) is 51.4 Å². The average molecular weight is 352 g/mol. The molecule has 4 rings (SSSR count). The highest BCUT2D eigenvalue weighted by atomic mass is 16.2. The second-order valence-electron chi connectivity index (χ2n) is 7.49. The van der Waals surface area contributed by atoms with Gasteiger partial charge in [-0.15, -0.1) is 0 Å². The van der Waals surface area contributed by atoms with Gasteiger partial charge in [0, 0.05) is 57.4 Å². The van der Waals surface area contributed by atoms with Crippen molar-refractivity contribution >= 4 is 5.91 Å². The SMILES string of the molecule is O=C(Cn1ccccc1=O)N1CC2CC(CN(Cc3cccnc3)C2)C1. The van der Waals surface area contributed by atoms with Gasteiger partial charge in [0.15, 0.2) is 0 Å². The van der Waals surface area contributed by atoms with Crippen LogP contribution >= 0.6 is 0 Å². The third kappa shape index (κ3) is 3.85. The van der Waals surface area contributed by atoms with Gasteiger partial charge in [0.2, 0.25) is 5.91 Å². The van der Waals surface area contributed by atoms with Gasteiger partial charge in [-0.05, 0) is 36.0 Å². The molecule has 0 aromatic carbocycles. The summed E-state index contributed by atoms with van der Waals surface area (Å²) in [6.07, 6.45) is 6.60. The summed E-state index contributed by atoms with van der Waals surface area (Å²) in [5.41, 5.74) is 1.12. The second kappa shape index (κ2) is 7.41. The number of hydrogen-bond donors (Lipinski definition) is 0. The number of carbonyl (C=O) groups excluding carboxylic acids is 1. The lowest BCUT2D eigenvalue weighted by Crippen LogP contribution is -2.54. The van der Waals surface area contributed by atoms with E-state index in [2.05, 4.69) is 16.0 Å². The molecule has 26 heavy (non-hydrogen) atoms. The molecule has 4 heterocycles. The van der Waals surface area contributed by atoms with E-state index in [1.807, 2.05) is 17.2 Å². The van der Waals surface area contributed by atoms with Crippen molar-refractivity contribution in [1.29, 1.82) is 0 Å². The van der Waals surface area contributed by atoms with E-state index >= 15 is 0 Å². The van der Waals surface area contributed by atoms with Crippen molar-refractivity contribution in [3.05, 3.63) is 64.8 Å². The van der Waals surface area contributed by atoms with E-state index in [1.165, 1.54) is 22.6 Å². The van der Waals surface area contributed by atoms with Gasteiger partial charge in [0.25, 0.3) is 5.56 Å². The van der Waals surface area contributed by atoms with Crippen LogP contribution in [0.2, 0.25) is 0 Å². The Hall–Kier alpha value is -2.47. The fourth-order valence-corrected chi connectivity index (χ4v) is 4.31. The summed E-state index contributed by atoms with van der Waals surface area (Å²) in [6, 6.07) is 9.08. The zero-order valence-corrected chi connectivity index (χ0v) is 14.8. The van der Waals surface area contributed by atoms with E-state index in [9.17, 15) is 9.59 Å². The van der Waals surface area contributed by atoms with Crippen LogP contribution in [-0.2, 0) is 17.9 Å². The fraction of sp³-hybridized carbons (Fsp3) is 0.450. The maximum absolute atomic E-state index is 12.7. The van der Waals surface area contributed by atoms with Gasteiger partial charge in [-0.2, -0.15) is 0 Å². The smallest absolute Gasteiger partial charge is 0.250 e. The predicted molar refractivity (Wildman–Crippen MR) is 98.4 cm³/mol. The molecule has 136 valence electrons. The number of pyridine rings is 2. The van der Waals surface area contributed by atoms with E-state index in [-0.39, 0.29) is 18.0 Å². The number of piperidine rings is 2. The standard InChI is InChI=1S/C20H24N4O2/c25-19-5-1-2-7-23(19)15-20(26)24-13-17-8-18(14-24)12-22(11-17)10-16-4-3-6-21-9-16/h1-7,9,17-18H,8,10-15H2. The molecule has 1 amide bonds. The molecule has 6 heteroatoms. The molecule has 2 aliphatic rings. The Labute approximate surface area is 153 Å². The van der Waals surface area contributed by atoms with Crippen molar-refractivity contribution in [2.75, 3.05) is 26.2 Å². The lowest BCUT2D eigenvalue weighted by atomic mass is 9.84. The van der Waals surface area contributed by atoms with Gasteiger partial charge < -0.3 is 9.47 Å². The third-order valence-electron chi connectivity index (χ3n) is 5.34. The maximum atomic E-state index is 12.7. The summed E-state index contributed by atoms with van der Waals surface area (Å²) in [4.78, 5) is 33.1. The highest BCUT2D eigenvalue weighted by molar-refractivity contribution is 5.76. The molecule has 2 fully saturated rings. The highest BCUT2D eigenvalue weighted by Crippen LogP contribution is 2.29. The molecule has 2 atom stereocenters. The van der Waals surface area contributed by atoms with E-state index in [4.69, 9.17) is 0 Å². The minimum atomic E-state index is -0.124. The van der Waals surface area contributed by atoms with Crippen LogP contribution in [0.15, 0.2) is 53.7 Å². The molecule has 2 aliphatic heterocycles. The molecule has 2 aromatic heterocycles. The van der Waals surface area contributed by atoms with Crippen molar-refractivity contribution in [2.45, 2.75) is 19.5 Å². The molecule has 6 nitrogen and oxygen atoms in total. The van der Waals surface area contributed by atoms with E-state index in [1.54, 1.807) is 24.5 Å². The normalized spacial score (nSPS) is 23.0.